The maximum atomic E-state index is 2.66. The zero-order chi connectivity index (χ0) is 14.1. The van der Waals surface area contributed by atoms with Gasteiger partial charge in [0.05, 0.1) is 0 Å². The van der Waals surface area contributed by atoms with E-state index in [1.807, 2.05) is 0 Å². The summed E-state index contributed by atoms with van der Waals surface area (Å²) in [7, 11) is 0. The van der Waals surface area contributed by atoms with Crippen LogP contribution in [-0.2, 0) is 0 Å². The molecule has 0 saturated carbocycles. The van der Waals surface area contributed by atoms with Gasteiger partial charge in [0.25, 0.3) is 0 Å². The third-order valence-electron chi connectivity index (χ3n) is 4.32. The highest BCUT2D eigenvalue weighted by Gasteiger charge is 2.14. The molecule has 0 unspecified atom stereocenters. The molecule has 1 aliphatic rings. The van der Waals surface area contributed by atoms with Crippen molar-refractivity contribution in [1.82, 2.24) is 4.90 Å². The summed E-state index contributed by atoms with van der Waals surface area (Å²) in [6, 6.07) is 0. The Kier molecular flexibility index (Phi) is 8.48. The highest BCUT2D eigenvalue weighted by Crippen LogP contribution is 2.27. The normalized spacial score (nSPS) is 19.6. The fraction of sp³-hybridized carbons (Fsp3) is 1.00. The Morgan fingerprint density at radius 2 is 1.74 bits per heavy atom. The van der Waals surface area contributed by atoms with Crippen molar-refractivity contribution in [3.8, 4) is 0 Å². The Bertz CT molecular complexity index is 216. The Morgan fingerprint density at radius 3 is 2.32 bits per heavy atom. The second-order valence-electron chi connectivity index (χ2n) is 7.32. The Hall–Kier alpha value is 0.310. The van der Waals surface area contributed by atoms with Crippen LogP contribution < -0.4 is 0 Å². The lowest BCUT2D eigenvalue weighted by molar-refractivity contribution is 0.277. The van der Waals surface area contributed by atoms with E-state index < -0.39 is 0 Å². The highest BCUT2D eigenvalue weighted by atomic mass is 32.2. The van der Waals surface area contributed by atoms with Crippen molar-refractivity contribution in [2.24, 2.45) is 11.3 Å². The highest BCUT2D eigenvalue weighted by molar-refractivity contribution is 7.99. The molecule has 1 saturated heterocycles. The second-order valence-corrected chi connectivity index (χ2v) is 8.55. The quantitative estimate of drug-likeness (QED) is 0.574. The van der Waals surface area contributed by atoms with Crippen LogP contribution >= 0.6 is 11.8 Å². The van der Waals surface area contributed by atoms with Crippen LogP contribution in [0.25, 0.3) is 0 Å². The molecular formula is C17H35NS. The number of hydrogen-bond acceptors (Lipinski definition) is 2. The van der Waals surface area contributed by atoms with Crippen LogP contribution in [0, 0.1) is 11.3 Å². The molecule has 0 spiro atoms. The van der Waals surface area contributed by atoms with Crippen molar-refractivity contribution in [3.63, 3.8) is 0 Å². The molecule has 1 rings (SSSR count). The first-order valence-corrected chi connectivity index (χ1v) is 9.47. The van der Waals surface area contributed by atoms with Gasteiger partial charge in [-0.05, 0) is 37.1 Å². The SMILES string of the molecule is CC[C@@H](CCCCN1CCSCC1)CCC(C)(C)C. The van der Waals surface area contributed by atoms with E-state index in [0.717, 1.165) is 5.92 Å². The maximum Gasteiger partial charge on any atom is 0.00727 e. The first kappa shape index (κ1) is 17.4. The number of thioether (sulfide) groups is 1. The lowest BCUT2D eigenvalue weighted by Gasteiger charge is -2.26. The molecule has 0 aromatic carbocycles. The van der Waals surface area contributed by atoms with Crippen LogP contribution in [0.5, 0.6) is 0 Å². The van der Waals surface area contributed by atoms with E-state index in [9.17, 15) is 0 Å². The predicted octanol–water partition coefficient (Wildman–Crippen LogP) is 5.06. The van der Waals surface area contributed by atoms with Gasteiger partial charge < -0.3 is 4.90 Å². The summed E-state index contributed by atoms with van der Waals surface area (Å²) in [4.78, 5) is 2.66. The summed E-state index contributed by atoms with van der Waals surface area (Å²) in [6.07, 6.45) is 8.49. The maximum absolute atomic E-state index is 2.66. The van der Waals surface area contributed by atoms with Gasteiger partial charge in [0.2, 0.25) is 0 Å². The molecule has 19 heavy (non-hydrogen) atoms. The summed E-state index contributed by atoms with van der Waals surface area (Å²) < 4.78 is 0. The van der Waals surface area contributed by atoms with Gasteiger partial charge in [0.15, 0.2) is 0 Å². The van der Waals surface area contributed by atoms with Crippen LogP contribution in [0.15, 0.2) is 0 Å². The lowest BCUT2D eigenvalue weighted by Crippen LogP contribution is -2.33. The van der Waals surface area contributed by atoms with E-state index in [1.165, 1.54) is 69.7 Å². The van der Waals surface area contributed by atoms with Crippen LogP contribution in [0.1, 0.15) is 66.2 Å². The van der Waals surface area contributed by atoms with Crippen molar-refractivity contribution in [1.29, 1.82) is 0 Å². The minimum Gasteiger partial charge on any atom is -0.302 e. The lowest BCUT2D eigenvalue weighted by atomic mass is 9.84. The first-order valence-electron chi connectivity index (χ1n) is 8.31. The second kappa shape index (κ2) is 9.28. The minimum absolute atomic E-state index is 0.513. The third kappa shape index (κ3) is 8.96. The van der Waals surface area contributed by atoms with Gasteiger partial charge in [-0.2, -0.15) is 11.8 Å². The zero-order valence-electron chi connectivity index (χ0n) is 13.7. The van der Waals surface area contributed by atoms with E-state index in [0.29, 0.717) is 5.41 Å². The molecule has 0 aromatic rings. The number of hydrogen-bond donors (Lipinski definition) is 0. The fourth-order valence-electron chi connectivity index (χ4n) is 2.78. The van der Waals surface area contributed by atoms with E-state index in [-0.39, 0.29) is 0 Å². The molecule has 0 radical (unpaired) electrons. The summed E-state index contributed by atoms with van der Waals surface area (Å²) in [5, 5.41) is 0. The minimum atomic E-state index is 0.513. The van der Waals surface area contributed by atoms with E-state index in [4.69, 9.17) is 0 Å². The van der Waals surface area contributed by atoms with E-state index in [2.05, 4.69) is 44.4 Å². The molecule has 1 aliphatic heterocycles. The third-order valence-corrected chi connectivity index (χ3v) is 5.26. The van der Waals surface area contributed by atoms with Gasteiger partial charge in [0.1, 0.15) is 0 Å². The van der Waals surface area contributed by atoms with Crippen LogP contribution in [0.2, 0.25) is 0 Å². The average Bonchev–Trinajstić information content (AvgIpc) is 2.38. The van der Waals surface area contributed by atoms with Gasteiger partial charge in [0, 0.05) is 24.6 Å². The van der Waals surface area contributed by atoms with Gasteiger partial charge in [-0.3, -0.25) is 0 Å². The van der Waals surface area contributed by atoms with E-state index >= 15 is 0 Å². The molecule has 1 nitrogen and oxygen atoms in total. The van der Waals surface area contributed by atoms with Crippen molar-refractivity contribution in [2.45, 2.75) is 66.2 Å². The first-order chi connectivity index (χ1) is 9.01. The number of nitrogens with zero attached hydrogens (tertiary/aromatic N) is 1. The van der Waals surface area contributed by atoms with E-state index in [1.54, 1.807) is 0 Å². The zero-order valence-corrected chi connectivity index (χ0v) is 14.5. The summed E-state index contributed by atoms with van der Waals surface area (Å²) >= 11 is 2.11. The van der Waals surface area contributed by atoms with Crippen molar-refractivity contribution >= 4 is 11.8 Å². The Morgan fingerprint density at radius 1 is 1.05 bits per heavy atom. The summed E-state index contributed by atoms with van der Waals surface area (Å²) in [6.45, 7) is 13.5. The van der Waals surface area contributed by atoms with Gasteiger partial charge in [-0.15, -0.1) is 0 Å². The molecule has 114 valence electrons. The molecule has 0 bridgehead atoms. The summed E-state index contributed by atoms with van der Waals surface area (Å²) in [5.74, 6) is 3.67. The molecule has 1 fully saturated rings. The van der Waals surface area contributed by atoms with Gasteiger partial charge in [-0.1, -0.05) is 47.0 Å². The predicted molar refractivity (Wildman–Crippen MR) is 90.1 cm³/mol. The van der Waals surface area contributed by atoms with Crippen LogP contribution in [0.3, 0.4) is 0 Å². The molecule has 1 heterocycles. The summed E-state index contributed by atoms with van der Waals surface area (Å²) in [5.41, 5.74) is 0.513. The van der Waals surface area contributed by atoms with Crippen LogP contribution in [-0.4, -0.2) is 36.0 Å². The smallest absolute Gasteiger partial charge is 0.00727 e. The molecule has 1 atom stereocenters. The number of rotatable bonds is 8. The molecule has 0 N–H and O–H groups in total. The van der Waals surface area contributed by atoms with Gasteiger partial charge in [-0.25, -0.2) is 0 Å². The molecular weight excluding hydrogens is 250 g/mol. The van der Waals surface area contributed by atoms with Gasteiger partial charge >= 0.3 is 0 Å². The van der Waals surface area contributed by atoms with Crippen molar-refractivity contribution < 1.29 is 0 Å². The monoisotopic (exact) mass is 285 g/mol. The van der Waals surface area contributed by atoms with Crippen LogP contribution in [0.4, 0.5) is 0 Å². The fourth-order valence-corrected chi connectivity index (χ4v) is 3.76. The Balaban J connectivity index is 2.05. The molecule has 2 heteroatoms. The molecule has 0 aliphatic carbocycles. The molecule has 0 aromatic heterocycles. The largest absolute Gasteiger partial charge is 0.302 e. The average molecular weight is 286 g/mol. The standard InChI is InChI=1S/C17H35NS/c1-5-16(9-10-17(2,3)4)8-6-7-11-18-12-14-19-15-13-18/h16H,5-15H2,1-4H3/t16-/m0/s1. The molecule has 0 amide bonds. The Labute approximate surface area is 125 Å². The van der Waals surface area contributed by atoms with Crippen molar-refractivity contribution in [2.75, 3.05) is 31.1 Å². The van der Waals surface area contributed by atoms with Crippen molar-refractivity contribution in [3.05, 3.63) is 0 Å². The topological polar surface area (TPSA) is 3.24 Å². The number of unbranched alkanes of at least 4 members (excludes halogenated alkanes) is 1.